The molecule has 0 saturated carbocycles. The van der Waals surface area contributed by atoms with Crippen LogP contribution in [0.4, 0.5) is 0 Å². The lowest BCUT2D eigenvalue weighted by atomic mass is 9.97. The largest absolute Gasteiger partial charge is 0.490 e. The van der Waals surface area contributed by atoms with Gasteiger partial charge in [-0.15, -0.1) is 0 Å². The van der Waals surface area contributed by atoms with E-state index >= 15 is 0 Å². The number of unbranched alkanes of at least 4 members (excludes halogenated alkanes) is 37. The van der Waals surface area contributed by atoms with Crippen LogP contribution in [0.15, 0.2) is 72.8 Å². The second kappa shape index (κ2) is 58.2. The SMILES string of the molecule is CCCCCCOc1cc2c3cc(OCCCCCC)c(OCCCCCC)cc3c3nc4cc(OCCCCCCCCCCOc5cc6nc7c8cc(OCCCCCC)c(OCCCCCC)cc8c8cc(OCCCCCC)c(OCCCCCC)cc8c7nc6cc5OCCCCCC)c(OCCCCCC)cc4nc3c2cc1OCCCCCC. The molecule has 0 unspecified atom stereocenters. The lowest BCUT2D eigenvalue weighted by Gasteiger charge is -2.19. The van der Waals surface area contributed by atoms with E-state index in [9.17, 15) is 0 Å². The summed E-state index contributed by atoms with van der Waals surface area (Å²) in [5.74, 6) is 8.79. The second-order valence-corrected chi connectivity index (χ2v) is 35.4. The van der Waals surface area contributed by atoms with Gasteiger partial charge in [0.15, 0.2) is 69.0 Å². The number of fused-ring (bicyclic) bond motifs is 14. The van der Waals surface area contributed by atoms with Crippen molar-refractivity contribution in [3.05, 3.63) is 72.8 Å². The monoisotopic (exact) mass is 1730 g/mol. The van der Waals surface area contributed by atoms with Crippen molar-refractivity contribution in [1.29, 1.82) is 0 Å². The van der Waals surface area contributed by atoms with Crippen molar-refractivity contribution in [1.82, 2.24) is 19.9 Å². The number of rotatable bonds is 73. The van der Waals surface area contributed by atoms with E-state index in [-0.39, 0.29) is 0 Å². The highest BCUT2D eigenvalue weighted by Crippen LogP contribution is 2.48. The number of aromatic nitrogens is 4. The number of nitrogens with zero attached hydrogens (tertiary/aromatic N) is 4. The Balaban J connectivity index is 0.873. The summed E-state index contributed by atoms with van der Waals surface area (Å²) in [7, 11) is 0. The summed E-state index contributed by atoms with van der Waals surface area (Å²) in [5, 5.41) is 7.87. The van der Waals surface area contributed by atoms with Crippen LogP contribution in [0.1, 0.15) is 377 Å². The van der Waals surface area contributed by atoms with Gasteiger partial charge in [0.25, 0.3) is 0 Å². The Hall–Kier alpha value is -8.40. The molecule has 10 rings (SSSR count). The first kappa shape index (κ1) is 99.8. The summed E-state index contributed by atoms with van der Waals surface area (Å²) in [4.78, 5) is 22.5. The second-order valence-electron chi connectivity index (χ2n) is 35.4. The van der Waals surface area contributed by atoms with E-state index in [1.807, 2.05) is 0 Å². The molecule has 0 saturated heterocycles. The summed E-state index contributed by atoms with van der Waals surface area (Å²) in [6.45, 7) is 29.7. The lowest BCUT2D eigenvalue weighted by molar-refractivity contribution is 0.258. The molecule has 0 fully saturated rings. The van der Waals surface area contributed by atoms with Crippen LogP contribution in [-0.4, -0.2) is 99.2 Å². The zero-order chi connectivity index (χ0) is 88.4. The van der Waals surface area contributed by atoms with E-state index in [0.717, 1.165) is 352 Å². The third-order valence-electron chi connectivity index (χ3n) is 24.5. The molecular weight excluding hydrogens is 1570 g/mol. The molecule has 0 spiro atoms. The third kappa shape index (κ3) is 31.2. The maximum atomic E-state index is 6.82. The van der Waals surface area contributed by atoms with E-state index < -0.39 is 0 Å². The molecule has 8 aromatic carbocycles. The maximum absolute atomic E-state index is 6.82. The molecule has 0 aliphatic rings. The average molecular weight is 1730 g/mol. The van der Waals surface area contributed by atoms with Crippen molar-refractivity contribution in [2.75, 3.05) is 79.3 Å². The van der Waals surface area contributed by atoms with Gasteiger partial charge in [0.05, 0.1) is 123 Å². The highest BCUT2D eigenvalue weighted by atomic mass is 16.5. The van der Waals surface area contributed by atoms with Gasteiger partial charge in [-0.1, -0.05) is 300 Å². The topological polar surface area (TPSA) is 162 Å². The van der Waals surface area contributed by atoms with Crippen molar-refractivity contribution in [2.24, 2.45) is 0 Å². The predicted molar refractivity (Wildman–Crippen MR) is 528 cm³/mol. The van der Waals surface area contributed by atoms with Crippen molar-refractivity contribution in [2.45, 2.75) is 377 Å². The average Bonchev–Trinajstić information content (AvgIpc) is 0.726. The maximum Gasteiger partial charge on any atom is 0.163 e. The fourth-order valence-corrected chi connectivity index (χ4v) is 16.9. The van der Waals surface area contributed by atoms with Crippen LogP contribution in [0.2, 0.25) is 0 Å². The molecule has 126 heavy (non-hydrogen) atoms. The zero-order valence-electron chi connectivity index (χ0n) is 80.0. The molecule has 16 heteroatoms. The predicted octanol–water partition coefficient (Wildman–Crippen LogP) is 32.7. The summed E-state index contributed by atoms with van der Waals surface area (Å²) >= 11 is 0. The molecule has 2 aromatic heterocycles. The Morgan fingerprint density at radius 2 is 0.246 bits per heavy atom. The van der Waals surface area contributed by atoms with Gasteiger partial charge in [-0.25, -0.2) is 19.9 Å². The van der Waals surface area contributed by atoms with Crippen LogP contribution in [0.3, 0.4) is 0 Å². The Morgan fingerprint density at radius 3 is 0.381 bits per heavy atom. The van der Waals surface area contributed by atoms with E-state index in [2.05, 4.69) is 142 Å². The normalized spacial score (nSPS) is 11.7. The first-order valence-electron chi connectivity index (χ1n) is 51.2. The van der Waals surface area contributed by atoms with Crippen LogP contribution in [0, 0.1) is 0 Å². The van der Waals surface area contributed by atoms with Crippen LogP contribution in [0.25, 0.3) is 87.2 Å². The fraction of sp³-hybridized carbons (Fsp3) is 0.636. The molecule has 0 aliphatic heterocycles. The number of ether oxygens (including phenoxy) is 12. The summed E-state index contributed by atoms with van der Waals surface area (Å²) < 4.78 is 81.1. The van der Waals surface area contributed by atoms with Crippen molar-refractivity contribution >= 4 is 87.2 Å². The molecule has 0 N–H and O–H groups in total. The summed E-state index contributed by atoms with van der Waals surface area (Å²) in [6.07, 6.45) is 52.9. The molecular formula is C110H162N4O12. The van der Waals surface area contributed by atoms with Crippen LogP contribution in [-0.2, 0) is 0 Å². The fourth-order valence-electron chi connectivity index (χ4n) is 16.9. The molecule has 16 nitrogen and oxygen atoms in total. The minimum absolute atomic E-state index is 0.568. The minimum Gasteiger partial charge on any atom is -0.490 e. The Labute approximate surface area is 758 Å². The lowest BCUT2D eigenvalue weighted by Crippen LogP contribution is -2.05. The number of hydrogen-bond acceptors (Lipinski definition) is 16. The molecule has 0 amide bonds. The van der Waals surface area contributed by atoms with Gasteiger partial charge in [-0.3, -0.25) is 0 Å². The van der Waals surface area contributed by atoms with Gasteiger partial charge in [0.2, 0.25) is 0 Å². The summed E-state index contributed by atoms with van der Waals surface area (Å²) in [5.41, 5.74) is 6.15. The van der Waals surface area contributed by atoms with Gasteiger partial charge in [0, 0.05) is 45.8 Å². The number of hydrogen-bond donors (Lipinski definition) is 0. The standard InChI is InChI=1S/C110H162N4O12/c1-11-21-31-47-59-115-95-71-83-85-73-97(117-61-49-33-23-13-3)101(121-65-53-37-27-17-7)77-89(85)109-107(87(83)75-99(95)119-63-51-35-25-15-5)111-91-79-103(123-67-55-39-29-19-9)105(81-93(91)113-109)125-69-57-45-43-41-42-44-46-58-70-126-106-82-94-92(80-104(106)124-68-56-40-30-20-10)112-108-88-76-100(120-64-52-36-26-16-6)96(116-60-48-32-22-12-2)72-84(88)86-74-98(118-62-50-34-24-14-4)102(78-90(86)110(108)114-94)122-66-54-38-28-18-8/h71-82H,11-70H2,1-10H3. The molecule has 0 atom stereocenters. The minimum atomic E-state index is 0.568. The van der Waals surface area contributed by atoms with E-state index in [0.29, 0.717) is 102 Å². The van der Waals surface area contributed by atoms with Crippen LogP contribution >= 0.6 is 0 Å². The summed E-state index contributed by atoms with van der Waals surface area (Å²) in [6, 6.07) is 25.7. The van der Waals surface area contributed by atoms with Crippen molar-refractivity contribution in [3.63, 3.8) is 0 Å². The Kier molecular flexibility index (Phi) is 46.1. The van der Waals surface area contributed by atoms with Gasteiger partial charge >= 0.3 is 0 Å². The van der Waals surface area contributed by atoms with E-state index in [1.54, 1.807) is 0 Å². The first-order chi connectivity index (χ1) is 62.2. The highest BCUT2D eigenvalue weighted by molar-refractivity contribution is 6.26. The first-order valence-corrected chi connectivity index (χ1v) is 51.2. The van der Waals surface area contributed by atoms with E-state index in [4.69, 9.17) is 76.8 Å². The molecule has 0 bridgehead atoms. The van der Waals surface area contributed by atoms with E-state index in [1.165, 1.54) is 89.9 Å². The van der Waals surface area contributed by atoms with Gasteiger partial charge in [-0.2, -0.15) is 0 Å². The van der Waals surface area contributed by atoms with Gasteiger partial charge in [-0.05, 0) is 147 Å². The molecule has 2 heterocycles. The van der Waals surface area contributed by atoms with Crippen molar-refractivity contribution in [3.8, 4) is 69.0 Å². The molecule has 694 valence electrons. The third-order valence-corrected chi connectivity index (χ3v) is 24.5. The van der Waals surface area contributed by atoms with Gasteiger partial charge < -0.3 is 56.8 Å². The van der Waals surface area contributed by atoms with Crippen LogP contribution in [0.5, 0.6) is 69.0 Å². The Morgan fingerprint density at radius 1 is 0.135 bits per heavy atom. The Bertz CT molecular complexity index is 4500. The quantitative estimate of drug-likeness (QED) is 0.0201. The zero-order valence-corrected chi connectivity index (χ0v) is 80.0. The molecule has 0 radical (unpaired) electrons. The molecule has 0 aliphatic carbocycles. The molecule has 10 aromatic rings. The van der Waals surface area contributed by atoms with Crippen LogP contribution < -0.4 is 56.8 Å². The van der Waals surface area contributed by atoms with Gasteiger partial charge in [0.1, 0.15) is 0 Å². The highest BCUT2D eigenvalue weighted by Gasteiger charge is 2.25. The van der Waals surface area contributed by atoms with Crippen molar-refractivity contribution < 1.29 is 56.8 Å². The number of benzene rings is 8. The smallest absolute Gasteiger partial charge is 0.163 e.